The Kier molecular flexibility index (Phi) is 3.78. The number of hydrogen-bond donors (Lipinski definition) is 1. The Balaban J connectivity index is 1.98. The van der Waals surface area contributed by atoms with Gasteiger partial charge in [-0.25, -0.2) is 8.78 Å². The molecule has 1 heterocycles. The zero-order valence-corrected chi connectivity index (χ0v) is 9.42. The first-order chi connectivity index (χ1) is 8.16. The Morgan fingerprint density at radius 1 is 1.35 bits per heavy atom. The predicted octanol–water partition coefficient (Wildman–Crippen LogP) is 2.49. The van der Waals surface area contributed by atoms with Gasteiger partial charge in [-0.2, -0.15) is 0 Å². The number of nitrogens with two attached hydrogens (primary N) is 1. The monoisotopic (exact) mass is 243 g/mol. The van der Waals surface area contributed by atoms with Crippen LogP contribution in [0.2, 0.25) is 0 Å². The molecule has 1 atom stereocenters. The molecule has 94 valence electrons. The molecule has 3 nitrogen and oxygen atoms in total. The smallest absolute Gasteiger partial charge is 0.152 e. The number of anilines is 1. The molecule has 1 unspecified atom stereocenters. The van der Waals surface area contributed by atoms with Crippen molar-refractivity contribution in [3.8, 4) is 5.75 Å². The molecule has 1 aromatic carbocycles. The highest BCUT2D eigenvalue weighted by Crippen LogP contribution is 2.26. The van der Waals surface area contributed by atoms with Gasteiger partial charge in [-0.05, 0) is 19.3 Å². The van der Waals surface area contributed by atoms with E-state index in [2.05, 4.69) is 0 Å². The Hall–Kier alpha value is -1.36. The minimum atomic E-state index is -0.801. The van der Waals surface area contributed by atoms with Gasteiger partial charge in [0.2, 0.25) is 0 Å². The molecule has 1 saturated heterocycles. The molecule has 1 aromatic rings. The normalized spacial score (nSPS) is 20.2. The third-order valence-electron chi connectivity index (χ3n) is 2.76. The molecule has 1 aliphatic heterocycles. The van der Waals surface area contributed by atoms with Crippen molar-refractivity contribution in [3.63, 3.8) is 0 Å². The fraction of sp³-hybridized carbons (Fsp3) is 0.500. The van der Waals surface area contributed by atoms with E-state index < -0.39 is 11.6 Å². The van der Waals surface area contributed by atoms with E-state index in [0.29, 0.717) is 6.61 Å². The second kappa shape index (κ2) is 5.31. The second-order valence-electron chi connectivity index (χ2n) is 4.10. The van der Waals surface area contributed by atoms with Crippen molar-refractivity contribution in [3.05, 3.63) is 23.8 Å². The Morgan fingerprint density at radius 3 is 2.88 bits per heavy atom. The molecule has 2 N–H and O–H groups in total. The van der Waals surface area contributed by atoms with Gasteiger partial charge in [0.05, 0.1) is 6.10 Å². The van der Waals surface area contributed by atoms with E-state index in [-0.39, 0.29) is 24.1 Å². The maximum absolute atomic E-state index is 13.1. The zero-order chi connectivity index (χ0) is 12.3. The third-order valence-corrected chi connectivity index (χ3v) is 2.76. The summed E-state index contributed by atoms with van der Waals surface area (Å²) in [6.45, 7) is 0.980. The van der Waals surface area contributed by atoms with Gasteiger partial charge in [0, 0.05) is 18.7 Å². The summed E-state index contributed by atoms with van der Waals surface area (Å²) in [4.78, 5) is 0. The van der Waals surface area contributed by atoms with Crippen molar-refractivity contribution in [1.82, 2.24) is 0 Å². The molecular formula is C12H15F2NO2. The molecule has 17 heavy (non-hydrogen) atoms. The van der Waals surface area contributed by atoms with Gasteiger partial charge in [-0.15, -0.1) is 0 Å². The van der Waals surface area contributed by atoms with Crippen LogP contribution >= 0.6 is 0 Å². The first kappa shape index (κ1) is 12.1. The predicted molar refractivity (Wildman–Crippen MR) is 59.9 cm³/mol. The topological polar surface area (TPSA) is 44.5 Å². The first-order valence-corrected chi connectivity index (χ1v) is 5.66. The molecule has 1 aliphatic rings. The van der Waals surface area contributed by atoms with Crippen LogP contribution in [0.4, 0.5) is 14.5 Å². The third kappa shape index (κ3) is 3.06. The summed E-state index contributed by atoms with van der Waals surface area (Å²) in [5.74, 6) is -1.46. The lowest BCUT2D eigenvalue weighted by atomic mass is 10.1. The number of nitrogen functional groups attached to an aromatic ring is 1. The lowest BCUT2D eigenvalue weighted by Gasteiger charge is -2.23. The molecule has 1 fully saturated rings. The number of benzene rings is 1. The Bertz CT molecular complexity index is 392. The number of rotatable bonds is 3. The average Bonchev–Trinajstić information content (AvgIpc) is 2.33. The fourth-order valence-electron chi connectivity index (χ4n) is 1.80. The van der Waals surface area contributed by atoms with Gasteiger partial charge in [0.1, 0.15) is 23.9 Å². The van der Waals surface area contributed by atoms with Crippen molar-refractivity contribution in [2.24, 2.45) is 0 Å². The molecule has 5 heteroatoms. The van der Waals surface area contributed by atoms with E-state index >= 15 is 0 Å². The van der Waals surface area contributed by atoms with Gasteiger partial charge in [-0.3, -0.25) is 0 Å². The van der Waals surface area contributed by atoms with Crippen LogP contribution in [-0.2, 0) is 4.74 Å². The van der Waals surface area contributed by atoms with Crippen LogP contribution in [0, 0.1) is 11.6 Å². The van der Waals surface area contributed by atoms with Crippen LogP contribution < -0.4 is 10.5 Å². The fourth-order valence-corrected chi connectivity index (χ4v) is 1.80. The largest absolute Gasteiger partial charge is 0.489 e. The highest BCUT2D eigenvalue weighted by Gasteiger charge is 2.16. The highest BCUT2D eigenvalue weighted by molar-refractivity contribution is 5.53. The standard InChI is InChI=1S/C12H15F2NO2/c13-8-5-10(14)12(15)11(6-8)17-7-9-3-1-2-4-16-9/h5-6,9H,1-4,7,15H2. The highest BCUT2D eigenvalue weighted by atomic mass is 19.1. The molecule has 0 aromatic heterocycles. The van der Waals surface area contributed by atoms with E-state index in [9.17, 15) is 8.78 Å². The first-order valence-electron chi connectivity index (χ1n) is 5.66. The number of halogens is 2. The lowest BCUT2D eigenvalue weighted by molar-refractivity contribution is -0.0110. The molecule has 0 bridgehead atoms. The van der Waals surface area contributed by atoms with E-state index in [0.717, 1.165) is 31.4 Å². The molecule has 0 spiro atoms. The molecule has 0 radical (unpaired) electrons. The summed E-state index contributed by atoms with van der Waals surface area (Å²) < 4.78 is 36.9. The minimum Gasteiger partial charge on any atom is -0.489 e. The van der Waals surface area contributed by atoms with Crippen molar-refractivity contribution in [1.29, 1.82) is 0 Å². The van der Waals surface area contributed by atoms with Crippen molar-refractivity contribution in [2.45, 2.75) is 25.4 Å². The number of hydrogen-bond acceptors (Lipinski definition) is 3. The van der Waals surface area contributed by atoms with Crippen molar-refractivity contribution >= 4 is 5.69 Å². The summed E-state index contributed by atoms with van der Waals surface area (Å²) in [7, 11) is 0. The SMILES string of the molecule is Nc1c(F)cc(F)cc1OCC1CCCCO1. The summed E-state index contributed by atoms with van der Waals surface area (Å²) in [6, 6.07) is 1.82. The molecular weight excluding hydrogens is 228 g/mol. The second-order valence-corrected chi connectivity index (χ2v) is 4.10. The van der Waals surface area contributed by atoms with Crippen LogP contribution in [-0.4, -0.2) is 19.3 Å². The quantitative estimate of drug-likeness (QED) is 0.829. The maximum Gasteiger partial charge on any atom is 0.152 e. The minimum absolute atomic E-state index is 0.0190. The lowest BCUT2D eigenvalue weighted by Crippen LogP contribution is -2.26. The van der Waals surface area contributed by atoms with E-state index in [1.165, 1.54) is 0 Å². The summed E-state index contributed by atoms with van der Waals surface area (Å²) in [6.07, 6.45) is 3.01. The van der Waals surface area contributed by atoms with E-state index in [1.54, 1.807) is 0 Å². The van der Waals surface area contributed by atoms with Gasteiger partial charge >= 0.3 is 0 Å². The summed E-state index contributed by atoms with van der Waals surface area (Å²) in [5.41, 5.74) is 5.29. The van der Waals surface area contributed by atoms with E-state index in [4.69, 9.17) is 15.2 Å². The molecule has 2 rings (SSSR count). The molecule has 0 saturated carbocycles. The van der Waals surface area contributed by atoms with Gasteiger partial charge in [0.25, 0.3) is 0 Å². The van der Waals surface area contributed by atoms with Crippen LogP contribution in [0.5, 0.6) is 5.75 Å². The van der Waals surface area contributed by atoms with Gasteiger partial charge in [0.15, 0.2) is 5.82 Å². The van der Waals surface area contributed by atoms with Crippen molar-refractivity contribution < 1.29 is 18.3 Å². The Labute approximate surface area is 98.5 Å². The van der Waals surface area contributed by atoms with Crippen molar-refractivity contribution in [2.75, 3.05) is 18.9 Å². The summed E-state index contributed by atoms with van der Waals surface area (Å²) >= 11 is 0. The Morgan fingerprint density at radius 2 is 2.18 bits per heavy atom. The van der Waals surface area contributed by atoms with Crippen LogP contribution in [0.25, 0.3) is 0 Å². The number of ether oxygens (including phenoxy) is 2. The van der Waals surface area contributed by atoms with Crippen LogP contribution in [0.15, 0.2) is 12.1 Å². The summed E-state index contributed by atoms with van der Waals surface area (Å²) in [5, 5.41) is 0. The molecule has 0 amide bonds. The van der Waals surface area contributed by atoms with E-state index in [1.807, 2.05) is 0 Å². The maximum atomic E-state index is 13.1. The van der Waals surface area contributed by atoms with Gasteiger partial charge in [-0.1, -0.05) is 0 Å². The zero-order valence-electron chi connectivity index (χ0n) is 9.42. The molecule has 0 aliphatic carbocycles. The average molecular weight is 243 g/mol. The van der Waals surface area contributed by atoms with Crippen LogP contribution in [0.3, 0.4) is 0 Å². The van der Waals surface area contributed by atoms with Crippen LogP contribution in [0.1, 0.15) is 19.3 Å². The van der Waals surface area contributed by atoms with Gasteiger partial charge < -0.3 is 15.2 Å².